The van der Waals surface area contributed by atoms with Crippen molar-refractivity contribution in [2.24, 2.45) is 5.73 Å². The van der Waals surface area contributed by atoms with Crippen molar-refractivity contribution in [3.05, 3.63) is 16.1 Å². The minimum absolute atomic E-state index is 0. The van der Waals surface area contributed by atoms with Crippen molar-refractivity contribution in [1.82, 2.24) is 9.88 Å². The normalized spacial score (nSPS) is 17.0. The highest BCUT2D eigenvalue weighted by molar-refractivity contribution is 7.09. The van der Waals surface area contributed by atoms with Gasteiger partial charge in [-0.25, -0.2) is 4.98 Å². The van der Waals surface area contributed by atoms with E-state index in [0.29, 0.717) is 6.04 Å². The van der Waals surface area contributed by atoms with Crippen molar-refractivity contribution < 1.29 is 0 Å². The zero-order valence-corrected chi connectivity index (χ0v) is 13.3. The molecule has 1 aromatic heterocycles. The van der Waals surface area contributed by atoms with Gasteiger partial charge in [0.25, 0.3) is 0 Å². The average molecular weight is 312 g/mol. The Morgan fingerprint density at radius 1 is 1.39 bits per heavy atom. The van der Waals surface area contributed by atoms with Gasteiger partial charge in [-0.3, -0.25) is 4.90 Å². The van der Waals surface area contributed by atoms with Crippen LogP contribution in [0.3, 0.4) is 0 Å². The van der Waals surface area contributed by atoms with Crippen LogP contribution < -0.4 is 5.73 Å². The fourth-order valence-corrected chi connectivity index (χ4v) is 2.98. The van der Waals surface area contributed by atoms with E-state index >= 15 is 0 Å². The standard InChI is InChI=1S/C12H21N3S.2ClH/c1-2-3-12-14-11(9-16-12)8-15-6-4-10(13)5-7-15;;/h9-10H,2-8,13H2,1H3;2*1H. The van der Waals surface area contributed by atoms with Crippen LogP contribution in [0.25, 0.3) is 0 Å². The van der Waals surface area contributed by atoms with Crippen LogP contribution in [0.5, 0.6) is 0 Å². The van der Waals surface area contributed by atoms with Gasteiger partial charge in [0.05, 0.1) is 10.7 Å². The number of likely N-dealkylation sites (tertiary alicyclic amines) is 1. The third-order valence-corrected chi connectivity index (χ3v) is 4.04. The van der Waals surface area contributed by atoms with Gasteiger partial charge in [-0.05, 0) is 25.7 Å². The SMILES string of the molecule is CCCc1nc(CN2CCC(N)CC2)cs1.Cl.Cl. The average Bonchev–Trinajstić information content (AvgIpc) is 2.70. The Balaban J connectivity index is 0.00000144. The van der Waals surface area contributed by atoms with E-state index in [4.69, 9.17) is 5.73 Å². The van der Waals surface area contributed by atoms with E-state index < -0.39 is 0 Å². The first-order valence-electron chi connectivity index (χ1n) is 6.19. The molecule has 1 aromatic rings. The van der Waals surface area contributed by atoms with Gasteiger partial charge in [0.2, 0.25) is 0 Å². The Kier molecular flexibility index (Phi) is 9.17. The maximum absolute atomic E-state index is 5.89. The van der Waals surface area contributed by atoms with E-state index in [1.807, 2.05) is 0 Å². The summed E-state index contributed by atoms with van der Waals surface area (Å²) < 4.78 is 0. The number of rotatable bonds is 4. The molecule has 2 rings (SSSR count). The molecule has 0 bridgehead atoms. The van der Waals surface area contributed by atoms with Crippen LogP contribution in [0.15, 0.2) is 5.38 Å². The minimum Gasteiger partial charge on any atom is -0.328 e. The quantitative estimate of drug-likeness (QED) is 0.929. The van der Waals surface area contributed by atoms with Crippen LogP contribution in [0.1, 0.15) is 36.9 Å². The van der Waals surface area contributed by atoms with Crippen molar-refractivity contribution >= 4 is 36.2 Å². The Morgan fingerprint density at radius 2 is 2.06 bits per heavy atom. The van der Waals surface area contributed by atoms with Gasteiger partial charge in [0.1, 0.15) is 0 Å². The summed E-state index contributed by atoms with van der Waals surface area (Å²) in [6.45, 7) is 5.46. The third-order valence-electron chi connectivity index (χ3n) is 3.08. The van der Waals surface area contributed by atoms with E-state index in [1.54, 1.807) is 11.3 Å². The van der Waals surface area contributed by atoms with Gasteiger partial charge >= 0.3 is 0 Å². The van der Waals surface area contributed by atoms with E-state index in [2.05, 4.69) is 22.2 Å². The zero-order valence-electron chi connectivity index (χ0n) is 10.8. The smallest absolute Gasteiger partial charge is 0.0928 e. The monoisotopic (exact) mass is 311 g/mol. The molecule has 106 valence electrons. The largest absolute Gasteiger partial charge is 0.328 e. The lowest BCUT2D eigenvalue weighted by Gasteiger charge is -2.29. The number of thiazole rings is 1. The first-order chi connectivity index (χ1) is 7.78. The molecule has 0 aromatic carbocycles. The van der Waals surface area contributed by atoms with Crippen molar-refractivity contribution in [1.29, 1.82) is 0 Å². The molecule has 3 nitrogen and oxygen atoms in total. The van der Waals surface area contributed by atoms with Gasteiger partial charge in [-0.1, -0.05) is 6.92 Å². The lowest BCUT2D eigenvalue weighted by Crippen LogP contribution is -2.39. The zero-order chi connectivity index (χ0) is 11.4. The summed E-state index contributed by atoms with van der Waals surface area (Å²) in [5.41, 5.74) is 7.13. The van der Waals surface area contributed by atoms with Crippen LogP contribution in [0.4, 0.5) is 0 Å². The molecule has 6 heteroatoms. The van der Waals surface area contributed by atoms with Crippen molar-refractivity contribution in [2.75, 3.05) is 13.1 Å². The number of hydrogen-bond donors (Lipinski definition) is 1. The highest BCUT2D eigenvalue weighted by Crippen LogP contribution is 2.16. The van der Waals surface area contributed by atoms with Crippen LogP contribution in [0.2, 0.25) is 0 Å². The van der Waals surface area contributed by atoms with E-state index in [-0.39, 0.29) is 24.8 Å². The summed E-state index contributed by atoms with van der Waals surface area (Å²) >= 11 is 1.80. The van der Waals surface area contributed by atoms with Crippen LogP contribution in [-0.2, 0) is 13.0 Å². The van der Waals surface area contributed by atoms with Gasteiger partial charge in [0.15, 0.2) is 0 Å². The molecule has 2 heterocycles. The molecule has 0 saturated carbocycles. The molecular weight excluding hydrogens is 289 g/mol. The van der Waals surface area contributed by atoms with E-state index in [1.165, 1.54) is 17.1 Å². The number of nitrogens with zero attached hydrogens (tertiary/aromatic N) is 2. The summed E-state index contributed by atoms with van der Waals surface area (Å²) in [6.07, 6.45) is 4.57. The number of nitrogens with two attached hydrogens (primary N) is 1. The molecule has 0 amide bonds. The first-order valence-corrected chi connectivity index (χ1v) is 7.07. The maximum atomic E-state index is 5.89. The van der Waals surface area contributed by atoms with Gasteiger partial charge in [-0.2, -0.15) is 0 Å². The molecule has 18 heavy (non-hydrogen) atoms. The Morgan fingerprint density at radius 3 is 2.67 bits per heavy atom. The molecule has 1 aliphatic heterocycles. The molecule has 2 N–H and O–H groups in total. The van der Waals surface area contributed by atoms with E-state index in [9.17, 15) is 0 Å². The molecule has 1 fully saturated rings. The summed E-state index contributed by atoms with van der Waals surface area (Å²) in [7, 11) is 0. The predicted molar refractivity (Wildman–Crippen MR) is 83.1 cm³/mol. The lowest BCUT2D eigenvalue weighted by molar-refractivity contribution is 0.204. The molecule has 1 saturated heterocycles. The molecule has 0 unspecified atom stereocenters. The molecule has 1 aliphatic rings. The fraction of sp³-hybridized carbons (Fsp3) is 0.750. The first kappa shape index (κ1) is 18.1. The second-order valence-corrected chi connectivity index (χ2v) is 5.54. The van der Waals surface area contributed by atoms with Crippen molar-refractivity contribution in [3.8, 4) is 0 Å². The second kappa shape index (κ2) is 9.10. The summed E-state index contributed by atoms with van der Waals surface area (Å²) in [5.74, 6) is 0. The Bertz CT molecular complexity index is 325. The maximum Gasteiger partial charge on any atom is 0.0928 e. The van der Waals surface area contributed by atoms with Crippen molar-refractivity contribution in [3.63, 3.8) is 0 Å². The number of hydrogen-bond acceptors (Lipinski definition) is 4. The van der Waals surface area contributed by atoms with Gasteiger partial charge in [0, 0.05) is 31.1 Å². The third kappa shape index (κ3) is 5.41. The van der Waals surface area contributed by atoms with Crippen LogP contribution >= 0.6 is 36.2 Å². The molecule has 0 aliphatic carbocycles. The van der Waals surface area contributed by atoms with Crippen molar-refractivity contribution in [2.45, 2.75) is 45.2 Å². The van der Waals surface area contributed by atoms with Crippen LogP contribution in [0, 0.1) is 0 Å². The molecule has 0 atom stereocenters. The summed E-state index contributed by atoms with van der Waals surface area (Å²) in [6, 6.07) is 0.419. The Hall–Kier alpha value is 0.130. The van der Waals surface area contributed by atoms with Crippen LogP contribution in [-0.4, -0.2) is 29.0 Å². The number of aromatic nitrogens is 1. The van der Waals surface area contributed by atoms with E-state index in [0.717, 1.165) is 38.9 Å². The topological polar surface area (TPSA) is 42.2 Å². The number of halogens is 2. The van der Waals surface area contributed by atoms with Gasteiger partial charge in [-0.15, -0.1) is 36.2 Å². The fourth-order valence-electron chi connectivity index (χ4n) is 2.09. The van der Waals surface area contributed by atoms with Gasteiger partial charge < -0.3 is 5.73 Å². The predicted octanol–water partition coefficient (Wildman–Crippen LogP) is 2.86. The Labute approximate surface area is 126 Å². The second-order valence-electron chi connectivity index (χ2n) is 4.60. The molecule has 0 spiro atoms. The minimum atomic E-state index is 0. The summed E-state index contributed by atoms with van der Waals surface area (Å²) in [4.78, 5) is 7.13. The summed E-state index contributed by atoms with van der Waals surface area (Å²) in [5, 5.41) is 3.49. The molecule has 0 radical (unpaired) electrons. The lowest BCUT2D eigenvalue weighted by atomic mass is 10.1. The highest BCUT2D eigenvalue weighted by Gasteiger charge is 2.16. The number of piperidine rings is 1. The highest BCUT2D eigenvalue weighted by atomic mass is 35.5. The molecular formula is C12H23Cl2N3S. The number of aryl methyl sites for hydroxylation is 1.